The van der Waals surface area contributed by atoms with E-state index in [-0.39, 0.29) is 0 Å². The molecule has 2 fully saturated rings. The molecule has 2 aliphatic carbocycles. The van der Waals surface area contributed by atoms with Gasteiger partial charge in [0.2, 0.25) is 0 Å². The zero-order valence-electron chi connectivity index (χ0n) is 18.4. The van der Waals surface area contributed by atoms with E-state index < -0.39 is 0 Å². The minimum atomic E-state index is 0.529. The Balaban J connectivity index is 1.95. The van der Waals surface area contributed by atoms with Gasteiger partial charge in [-0.3, -0.25) is 4.99 Å². The fraction of sp³-hybridized carbons (Fsp3) is 0.640. The first-order chi connectivity index (χ1) is 13.5. The molecule has 2 aliphatic rings. The van der Waals surface area contributed by atoms with Gasteiger partial charge in [0.1, 0.15) is 0 Å². The molecule has 156 valence electrons. The average Bonchev–Trinajstić information content (AvgIpc) is 2.70. The number of allylic oxidation sites excluding steroid dienone is 3. The molecule has 3 heteroatoms. The van der Waals surface area contributed by atoms with Crippen LogP contribution in [0.5, 0.6) is 0 Å². The molecule has 2 saturated carbocycles. The van der Waals surface area contributed by atoms with Crippen molar-refractivity contribution >= 4 is 5.71 Å². The van der Waals surface area contributed by atoms with E-state index in [0.717, 1.165) is 35.1 Å². The summed E-state index contributed by atoms with van der Waals surface area (Å²) in [6.07, 6.45) is 17.8. The lowest BCUT2D eigenvalue weighted by Crippen LogP contribution is -2.36. The van der Waals surface area contributed by atoms with Gasteiger partial charge in [-0.25, -0.2) is 0 Å². The zero-order chi connectivity index (χ0) is 20.4. The first-order valence-electron chi connectivity index (χ1n) is 11.2. The third-order valence-electron chi connectivity index (χ3n) is 6.00. The Morgan fingerprint density at radius 3 is 2.43 bits per heavy atom. The molecule has 0 saturated heterocycles. The molecule has 0 heterocycles. The lowest BCUT2D eigenvalue weighted by atomic mass is 9.87. The van der Waals surface area contributed by atoms with Crippen molar-refractivity contribution in [3.63, 3.8) is 0 Å². The molecule has 0 aromatic carbocycles. The van der Waals surface area contributed by atoms with Gasteiger partial charge in [-0.05, 0) is 51.5 Å². The predicted molar refractivity (Wildman–Crippen MR) is 124 cm³/mol. The summed E-state index contributed by atoms with van der Waals surface area (Å²) in [6.45, 7) is 15.9. The summed E-state index contributed by atoms with van der Waals surface area (Å²) in [5.41, 5.74) is 3.81. The number of nitrogens with zero attached hydrogens (tertiary/aromatic N) is 1. The summed E-state index contributed by atoms with van der Waals surface area (Å²) < 4.78 is 0. The van der Waals surface area contributed by atoms with Crippen molar-refractivity contribution in [2.24, 2.45) is 10.9 Å². The highest BCUT2D eigenvalue weighted by Gasteiger charge is 2.18. The van der Waals surface area contributed by atoms with Gasteiger partial charge in [0.25, 0.3) is 0 Å². The topological polar surface area (TPSA) is 36.4 Å². The Kier molecular flexibility index (Phi) is 9.77. The van der Waals surface area contributed by atoms with Gasteiger partial charge < -0.3 is 10.6 Å². The summed E-state index contributed by atoms with van der Waals surface area (Å²) in [6, 6.07) is 1.16. The number of hydrogen-bond donors (Lipinski definition) is 2. The van der Waals surface area contributed by atoms with Gasteiger partial charge in [-0.1, -0.05) is 64.3 Å². The van der Waals surface area contributed by atoms with Crippen LogP contribution in [0.4, 0.5) is 0 Å². The van der Waals surface area contributed by atoms with Crippen molar-refractivity contribution in [2.45, 2.75) is 90.6 Å². The van der Waals surface area contributed by atoms with Gasteiger partial charge in [-0.2, -0.15) is 0 Å². The molecule has 0 aromatic rings. The molecule has 0 spiro atoms. The van der Waals surface area contributed by atoms with E-state index >= 15 is 0 Å². The SMILES string of the molecule is C=C(NC1CCCCC1)C(=C)C(=C\C=C/C)/N=C(\C)CNC1CCCC(C)C1. The van der Waals surface area contributed by atoms with Crippen LogP contribution in [0.3, 0.4) is 0 Å². The molecule has 2 N–H and O–H groups in total. The summed E-state index contributed by atoms with van der Waals surface area (Å²) >= 11 is 0. The second kappa shape index (κ2) is 12.1. The summed E-state index contributed by atoms with van der Waals surface area (Å²) in [5, 5.41) is 7.30. The maximum absolute atomic E-state index is 4.90. The highest BCUT2D eigenvalue weighted by atomic mass is 15.0. The molecule has 0 radical (unpaired) electrons. The van der Waals surface area contributed by atoms with Gasteiger partial charge >= 0.3 is 0 Å². The van der Waals surface area contributed by atoms with Crippen molar-refractivity contribution in [3.8, 4) is 0 Å². The van der Waals surface area contributed by atoms with Crippen LogP contribution in [0.1, 0.15) is 78.6 Å². The van der Waals surface area contributed by atoms with Crippen LogP contribution in [-0.4, -0.2) is 24.3 Å². The minimum Gasteiger partial charge on any atom is -0.382 e. The molecule has 0 bridgehead atoms. The Labute approximate surface area is 173 Å². The van der Waals surface area contributed by atoms with Gasteiger partial charge in [0.05, 0.1) is 5.70 Å². The van der Waals surface area contributed by atoms with Crippen molar-refractivity contribution in [1.29, 1.82) is 0 Å². The number of nitrogens with one attached hydrogen (secondary N) is 2. The first kappa shape index (κ1) is 22.7. The van der Waals surface area contributed by atoms with E-state index in [2.05, 4.69) is 37.6 Å². The summed E-state index contributed by atoms with van der Waals surface area (Å²) in [4.78, 5) is 4.90. The van der Waals surface area contributed by atoms with Gasteiger partial charge in [-0.15, -0.1) is 0 Å². The zero-order valence-corrected chi connectivity index (χ0v) is 18.4. The van der Waals surface area contributed by atoms with E-state index in [1.807, 2.05) is 25.2 Å². The Bertz CT molecular complexity index is 605. The normalized spacial score (nSPS) is 25.1. The smallest absolute Gasteiger partial charge is 0.0716 e. The minimum absolute atomic E-state index is 0.529. The third-order valence-corrected chi connectivity index (χ3v) is 6.00. The molecule has 2 unspecified atom stereocenters. The first-order valence-corrected chi connectivity index (χ1v) is 11.2. The molecular weight excluding hydrogens is 342 g/mol. The Morgan fingerprint density at radius 2 is 1.75 bits per heavy atom. The standard InChI is InChI=1S/C25H41N3/c1-6-7-16-25(21(4)22(5)28-23-13-9-8-10-14-23)27-20(3)18-26-24-15-11-12-19(2)17-24/h6-7,16,19,23-24,26,28H,4-5,8-15,17-18H2,1-3H3/b7-6-,25-16+,27-20+. The molecular formula is C25H41N3. The molecule has 2 rings (SSSR count). The van der Waals surface area contributed by atoms with Gasteiger partial charge in [0, 0.05) is 35.6 Å². The number of rotatable bonds is 9. The van der Waals surface area contributed by atoms with Crippen molar-refractivity contribution < 1.29 is 0 Å². The second-order valence-electron chi connectivity index (χ2n) is 8.71. The summed E-state index contributed by atoms with van der Waals surface area (Å²) in [5.74, 6) is 0.836. The molecule has 28 heavy (non-hydrogen) atoms. The van der Waals surface area contributed by atoms with Crippen molar-refractivity contribution in [2.75, 3.05) is 6.54 Å². The average molecular weight is 384 g/mol. The fourth-order valence-corrected chi connectivity index (χ4v) is 4.28. The molecule has 2 atom stereocenters. The quantitative estimate of drug-likeness (QED) is 0.374. The number of aliphatic imine (C=N–C) groups is 1. The maximum atomic E-state index is 4.90. The molecule has 3 nitrogen and oxygen atoms in total. The van der Waals surface area contributed by atoms with E-state index in [1.165, 1.54) is 57.8 Å². The number of hydrogen-bond acceptors (Lipinski definition) is 3. The summed E-state index contributed by atoms with van der Waals surface area (Å²) in [7, 11) is 0. The lowest BCUT2D eigenvalue weighted by molar-refractivity contribution is 0.310. The largest absolute Gasteiger partial charge is 0.382 e. The molecule has 0 aliphatic heterocycles. The van der Waals surface area contributed by atoms with E-state index in [9.17, 15) is 0 Å². The van der Waals surface area contributed by atoms with Crippen LogP contribution >= 0.6 is 0 Å². The van der Waals surface area contributed by atoms with Crippen molar-refractivity contribution in [3.05, 3.63) is 48.4 Å². The maximum Gasteiger partial charge on any atom is 0.0716 e. The molecule has 0 aromatic heterocycles. The van der Waals surface area contributed by atoms with Crippen LogP contribution in [0.2, 0.25) is 0 Å². The Hall–Kier alpha value is -1.61. The van der Waals surface area contributed by atoms with Crippen molar-refractivity contribution in [1.82, 2.24) is 10.6 Å². The van der Waals surface area contributed by atoms with Crippen LogP contribution < -0.4 is 10.6 Å². The van der Waals surface area contributed by atoms with Gasteiger partial charge in [0.15, 0.2) is 0 Å². The lowest BCUT2D eigenvalue weighted by Gasteiger charge is -2.27. The predicted octanol–water partition coefficient (Wildman–Crippen LogP) is 6.07. The second-order valence-corrected chi connectivity index (χ2v) is 8.71. The molecule has 0 amide bonds. The fourth-order valence-electron chi connectivity index (χ4n) is 4.28. The van der Waals surface area contributed by atoms with E-state index in [1.54, 1.807) is 0 Å². The van der Waals surface area contributed by atoms with Crippen LogP contribution in [0, 0.1) is 5.92 Å². The third kappa shape index (κ3) is 7.79. The van der Waals surface area contributed by atoms with Crippen LogP contribution in [-0.2, 0) is 0 Å². The van der Waals surface area contributed by atoms with E-state index in [0.29, 0.717) is 12.1 Å². The highest BCUT2D eigenvalue weighted by molar-refractivity contribution is 5.85. The Morgan fingerprint density at radius 1 is 1.04 bits per heavy atom. The highest BCUT2D eigenvalue weighted by Crippen LogP contribution is 2.24. The monoisotopic (exact) mass is 383 g/mol. The van der Waals surface area contributed by atoms with E-state index in [4.69, 9.17) is 4.99 Å². The van der Waals surface area contributed by atoms with Crippen LogP contribution in [0.15, 0.2) is 53.3 Å². The van der Waals surface area contributed by atoms with Crippen LogP contribution in [0.25, 0.3) is 0 Å².